The van der Waals surface area contributed by atoms with Gasteiger partial charge < -0.3 is 9.30 Å². The van der Waals surface area contributed by atoms with Gasteiger partial charge in [0.1, 0.15) is 11.3 Å². The lowest BCUT2D eigenvalue weighted by molar-refractivity contribution is 0.118. The number of fused-ring (bicyclic) bond motifs is 1. The largest absolute Gasteiger partial charge is 0.380 e. The van der Waals surface area contributed by atoms with Crippen molar-refractivity contribution < 1.29 is 4.74 Å². The number of hydrogen-bond acceptors (Lipinski definition) is 3. The molecule has 2 atom stereocenters. The van der Waals surface area contributed by atoms with Crippen LogP contribution < -0.4 is 0 Å². The predicted molar refractivity (Wildman–Crippen MR) is 81.4 cm³/mol. The molecule has 0 saturated heterocycles. The maximum absolute atomic E-state index is 6.31. The van der Waals surface area contributed by atoms with Crippen molar-refractivity contribution in [3.05, 3.63) is 11.5 Å². The minimum absolute atomic E-state index is 0.142. The highest BCUT2D eigenvalue weighted by Gasteiger charge is 2.23. The van der Waals surface area contributed by atoms with E-state index in [0.717, 1.165) is 29.2 Å². The molecule has 6 heteroatoms. The van der Waals surface area contributed by atoms with Gasteiger partial charge in [0.25, 0.3) is 0 Å². The zero-order valence-electron chi connectivity index (χ0n) is 12.9. The van der Waals surface area contributed by atoms with E-state index in [-0.39, 0.29) is 11.4 Å². The van der Waals surface area contributed by atoms with Gasteiger partial charge in [0, 0.05) is 13.2 Å². The van der Waals surface area contributed by atoms with Crippen LogP contribution in [0.3, 0.4) is 0 Å². The first-order chi connectivity index (χ1) is 9.51. The van der Waals surface area contributed by atoms with Gasteiger partial charge in [-0.25, -0.2) is 9.67 Å². The number of halogens is 1. The maximum atomic E-state index is 6.31. The van der Waals surface area contributed by atoms with Gasteiger partial charge in [0.05, 0.1) is 23.7 Å². The van der Waals surface area contributed by atoms with E-state index in [1.165, 1.54) is 0 Å². The average molecular weight is 299 g/mol. The summed E-state index contributed by atoms with van der Waals surface area (Å²) in [6.07, 6.45) is 0. The summed E-state index contributed by atoms with van der Waals surface area (Å²) in [7, 11) is 0. The van der Waals surface area contributed by atoms with Crippen molar-refractivity contribution in [2.24, 2.45) is 0 Å². The first-order valence-electron chi connectivity index (χ1n) is 7.18. The molecule has 0 N–H and O–H groups in total. The fourth-order valence-corrected chi connectivity index (χ4v) is 2.66. The van der Waals surface area contributed by atoms with E-state index in [0.29, 0.717) is 13.2 Å². The Morgan fingerprint density at radius 3 is 2.55 bits per heavy atom. The first-order valence-corrected chi connectivity index (χ1v) is 7.61. The summed E-state index contributed by atoms with van der Waals surface area (Å²) < 4.78 is 9.72. The van der Waals surface area contributed by atoms with Crippen LogP contribution in [-0.4, -0.2) is 32.5 Å². The third kappa shape index (κ3) is 2.56. The molecule has 0 fully saturated rings. The third-order valence-corrected chi connectivity index (χ3v) is 3.63. The molecule has 0 aliphatic heterocycles. The molecule has 2 unspecified atom stereocenters. The van der Waals surface area contributed by atoms with E-state index < -0.39 is 0 Å². The molecule has 0 bridgehead atoms. The fourth-order valence-electron chi connectivity index (χ4n) is 2.50. The Balaban J connectivity index is 2.60. The predicted octanol–water partition coefficient (Wildman–Crippen LogP) is 3.46. The molecule has 20 heavy (non-hydrogen) atoms. The summed E-state index contributed by atoms with van der Waals surface area (Å²) in [5.74, 6) is 0.886. The lowest BCUT2D eigenvalue weighted by Gasteiger charge is -2.18. The van der Waals surface area contributed by atoms with Crippen LogP contribution in [0.25, 0.3) is 11.2 Å². The molecule has 0 radical (unpaired) electrons. The van der Waals surface area contributed by atoms with Crippen LogP contribution in [-0.2, 0) is 11.3 Å². The van der Waals surface area contributed by atoms with Crippen LogP contribution in [0.1, 0.15) is 50.6 Å². The monoisotopic (exact) mass is 298 g/mol. The molecule has 112 valence electrons. The van der Waals surface area contributed by atoms with Gasteiger partial charge in [-0.05, 0) is 34.6 Å². The van der Waals surface area contributed by atoms with E-state index in [9.17, 15) is 0 Å². The van der Waals surface area contributed by atoms with E-state index >= 15 is 0 Å². The SMILES string of the molecule is CCOCC(C)n1c(C(C)Cl)nc2c(C)nn(CC)c21. The van der Waals surface area contributed by atoms with E-state index in [1.54, 1.807) is 0 Å². The second-order valence-corrected chi connectivity index (χ2v) is 5.69. The van der Waals surface area contributed by atoms with Crippen molar-refractivity contribution in [2.45, 2.75) is 52.6 Å². The number of aryl methyl sites for hydroxylation is 2. The van der Waals surface area contributed by atoms with Crippen molar-refractivity contribution >= 4 is 22.8 Å². The average Bonchev–Trinajstić information content (AvgIpc) is 2.94. The van der Waals surface area contributed by atoms with Gasteiger partial charge in [0.15, 0.2) is 5.65 Å². The summed E-state index contributed by atoms with van der Waals surface area (Å²) in [6.45, 7) is 12.3. The molecule has 0 spiro atoms. The van der Waals surface area contributed by atoms with Crippen LogP contribution in [0, 0.1) is 6.92 Å². The van der Waals surface area contributed by atoms with Crippen molar-refractivity contribution in [1.82, 2.24) is 19.3 Å². The molecule has 0 amide bonds. The van der Waals surface area contributed by atoms with Gasteiger partial charge in [-0.2, -0.15) is 5.10 Å². The van der Waals surface area contributed by atoms with Crippen LogP contribution in [0.2, 0.25) is 0 Å². The van der Waals surface area contributed by atoms with Crippen molar-refractivity contribution in [2.75, 3.05) is 13.2 Å². The molecule has 2 aromatic heterocycles. The third-order valence-electron chi connectivity index (χ3n) is 3.43. The number of ether oxygens (including phenoxy) is 1. The van der Waals surface area contributed by atoms with Crippen molar-refractivity contribution in [3.8, 4) is 0 Å². The quantitative estimate of drug-likeness (QED) is 0.767. The number of aromatic nitrogens is 4. The molecule has 2 heterocycles. The normalized spacial score (nSPS) is 14.9. The zero-order chi connectivity index (χ0) is 14.9. The molecule has 0 aliphatic carbocycles. The summed E-state index contributed by atoms with van der Waals surface area (Å²) in [5, 5.41) is 4.40. The molecule has 2 rings (SSSR count). The minimum atomic E-state index is -0.142. The number of hydrogen-bond donors (Lipinski definition) is 0. The second kappa shape index (κ2) is 6.14. The van der Waals surface area contributed by atoms with Crippen LogP contribution >= 0.6 is 11.6 Å². The van der Waals surface area contributed by atoms with Crippen LogP contribution in [0.15, 0.2) is 0 Å². The van der Waals surface area contributed by atoms with Gasteiger partial charge >= 0.3 is 0 Å². The van der Waals surface area contributed by atoms with Gasteiger partial charge in [0.2, 0.25) is 0 Å². The molecule has 5 nitrogen and oxygen atoms in total. The summed E-state index contributed by atoms with van der Waals surface area (Å²) in [4.78, 5) is 4.70. The lowest BCUT2D eigenvalue weighted by Crippen LogP contribution is -2.17. The second-order valence-electron chi connectivity index (χ2n) is 5.04. The number of imidazole rings is 1. The zero-order valence-corrected chi connectivity index (χ0v) is 13.6. The molecule has 0 aliphatic rings. The highest BCUT2D eigenvalue weighted by molar-refractivity contribution is 6.20. The van der Waals surface area contributed by atoms with E-state index in [4.69, 9.17) is 21.3 Å². The Bertz CT molecular complexity index is 588. The highest BCUT2D eigenvalue weighted by atomic mass is 35.5. The topological polar surface area (TPSA) is 44.9 Å². The smallest absolute Gasteiger partial charge is 0.159 e. The Labute approximate surface area is 124 Å². The molecular formula is C14H23ClN4O. The van der Waals surface area contributed by atoms with Gasteiger partial charge in [-0.15, -0.1) is 11.6 Å². The molecular weight excluding hydrogens is 276 g/mol. The Kier molecular flexibility index (Phi) is 4.70. The fraction of sp³-hybridized carbons (Fsp3) is 0.714. The van der Waals surface area contributed by atoms with Crippen molar-refractivity contribution in [3.63, 3.8) is 0 Å². The summed E-state index contributed by atoms with van der Waals surface area (Å²) in [6, 6.07) is 0.178. The van der Waals surface area contributed by atoms with Crippen LogP contribution in [0.4, 0.5) is 0 Å². The summed E-state index contributed by atoms with van der Waals surface area (Å²) in [5.41, 5.74) is 2.93. The molecule has 2 aromatic rings. The maximum Gasteiger partial charge on any atom is 0.159 e. The highest BCUT2D eigenvalue weighted by Crippen LogP contribution is 2.29. The van der Waals surface area contributed by atoms with E-state index in [2.05, 4.69) is 23.5 Å². The van der Waals surface area contributed by atoms with Crippen molar-refractivity contribution in [1.29, 1.82) is 0 Å². The molecule has 0 saturated carbocycles. The van der Waals surface area contributed by atoms with Gasteiger partial charge in [-0.3, -0.25) is 0 Å². The Morgan fingerprint density at radius 2 is 2.00 bits per heavy atom. The number of nitrogens with zero attached hydrogens (tertiary/aromatic N) is 4. The number of alkyl halides is 1. The van der Waals surface area contributed by atoms with Crippen LogP contribution in [0.5, 0.6) is 0 Å². The van der Waals surface area contributed by atoms with E-state index in [1.807, 2.05) is 25.5 Å². The number of rotatable bonds is 6. The van der Waals surface area contributed by atoms with Gasteiger partial charge in [-0.1, -0.05) is 0 Å². The standard InChI is InChI=1S/C14H23ClN4O/c1-6-18-14-12(11(5)17-18)16-13(10(4)15)19(14)9(3)8-20-7-2/h9-10H,6-8H2,1-5H3. The summed E-state index contributed by atoms with van der Waals surface area (Å²) >= 11 is 6.31. The minimum Gasteiger partial charge on any atom is -0.380 e. The molecule has 0 aromatic carbocycles. The lowest BCUT2D eigenvalue weighted by atomic mass is 10.3. The first kappa shape index (κ1) is 15.3. The Hall–Kier alpha value is -1.07. The Morgan fingerprint density at radius 1 is 1.30 bits per heavy atom.